The van der Waals surface area contributed by atoms with Crippen molar-refractivity contribution in [3.63, 3.8) is 0 Å². The topological polar surface area (TPSA) is 51.3 Å². The lowest BCUT2D eigenvalue weighted by molar-refractivity contribution is -0.141. The number of furan rings is 1. The summed E-state index contributed by atoms with van der Waals surface area (Å²) in [5.41, 5.74) is 0. The van der Waals surface area contributed by atoms with E-state index in [1.54, 1.807) is 7.05 Å². The van der Waals surface area contributed by atoms with Crippen molar-refractivity contribution in [2.24, 2.45) is 5.92 Å². The summed E-state index contributed by atoms with van der Waals surface area (Å²) in [5, 5.41) is 0. The lowest BCUT2D eigenvalue weighted by atomic mass is 10.2. The van der Waals surface area contributed by atoms with E-state index in [-0.39, 0.29) is 24.7 Å². The van der Waals surface area contributed by atoms with Gasteiger partial charge in [-0.15, -0.1) is 0 Å². The van der Waals surface area contributed by atoms with Crippen LogP contribution in [0.3, 0.4) is 0 Å². The van der Waals surface area contributed by atoms with Crippen molar-refractivity contribution in [2.75, 3.05) is 7.05 Å². The number of alkyl halides is 3. The first-order valence-electron chi connectivity index (χ1n) is 8.62. The zero-order valence-electron chi connectivity index (χ0n) is 14.8. The third-order valence-corrected chi connectivity index (χ3v) is 4.70. The van der Waals surface area contributed by atoms with E-state index >= 15 is 0 Å². The SMILES string of the molecule is CC1CC1c1ccc(CCC(=O)N(C)Cc2nccn2CC(F)(F)F)o1. The molecule has 0 aromatic carbocycles. The number of nitrogens with zero attached hydrogens (tertiary/aromatic N) is 3. The molecular weight excluding hydrogens is 347 g/mol. The van der Waals surface area contributed by atoms with Crippen LogP contribution in [0.4, 0.5) is 13.2 Å². The Kier molecular flexibility index (Phi) is 5.11. The van der Waals surface area contributed by atoms with E-state index in [2.05, 4.69) is 11.9 Å². The largest absolute Gasteiger partial charge is 0.466 e. The van der Waals surface area contributed by atoms with E-state index in [0.29, 0.717) is 18.3 Å². The van der Waals surface area contributed by atoms with Crippen LogP contribution in [0.5, 0.6) is 0 Å². The number of carbonyl (C=O) groups excluding carboxylic acids is 1. The highest BCUT2D eigenvalue weighted by Crippen LogP contribution is 2.47. The van der Waals surface area contributed by atoms with Crippen LogP contribution in [0.1, 0.15) is 43.0 Å². The molecule has 0 bridgehead atoms. The van der Waals surface area contributed by atoms with Gasteiger partial charge in [0.1, 0.15) is 23.9 Å². The van der Waals surface area contributed by atoms with Gasteiger partial charge >= 0.3 is 6.18 Å². The summed E-state index contributed by atoms with van der Waals surface area (Å²) in [4.78, 5) is 17.6. The summed E-state index contributed by atoms with van der Waals surface area (Å²) >= 11 is 0. The maximum atomic E-state index is 12.6. The fourth-order valence-corrected chi connectivity index (χ4v) is 3.00. The Hall–Kier alpha value is -2.25. The standard InChI is InChI=1S/C18H22F3N3O2/c1-12-9-14(12)15-5-3-13(26-15)4-6-17(25)23(2)10-16-22-7-8-24(16)11-18(19,20)21/h3,5,7-8,12,14H,4,6,9-11H2,1-2H3. The van der Waals surface area contributed by atoms with E-state index < -0.39 is 12.7 Å². The van der Waals surface area contributed by atoms with E-state index in [0.717, 1.165) is 22.5 Å². The van der Waals surface area contributed by atoms with Gasteiger partial charge in [0.2, 0.25) is 5.91 Å². The highest BCUT2D eigenvalue weighted by molar-refractivity contribution is 5.76. The molecule has 1 fully saturated rings. The Morgan fingerprint density at radius 2 is 2.15 bits per heavy atom. The molecule has 3 rings (SSSR count). The number of aryl methyl sites for hydroxylation is 1. The van der Waals surface area contributed by atoms with E-state index in [4.69, 9.17) is 4.42 Å². The highest BCUT2D eigenvalue weighted by Gasteiger charge is 2.36. The minimum absolute atomic E-state index is 0.0326. The summed E-state index contributed by atoms with van der Waals surface area (Å²) in [6.45, 7) is 1.10. The maximum Gasteiger partial charge on any atom is 0.406 e. The lowest BCUT2D eigenvalue weighted by Gasteiger charge is -2.18. The van der Waals surface area contributed by atoms with Gasteiger partial charge in [-0.05, 0) is 24.5 Å². The Morgan fingerprint density at radius 1 is 1.42 bits per heavy atom. The third-order valence-electron chi connectivity index (χ3n) is 4.70. The number of carbonyl (C=O) groups is 1. The molecule has 142 valence electrons. The third kappa shape index (κ3) is 4.68. The summed E-state index contributed by atoms with van der Waals surface area (Å²) in [7, 11) is 1.56. The molecule has 2 aromatic heterocycles. The average molecular weight is 369 g/mol. The number of imidazole rings is 1. The van der Waals surface area contributed by atoms with E-state index in [9.17, 15) is 18.0 Å². The second-order valence-electron chi connectivity index (χ2n) is 6.96. The summed E-state index contributed by atoms with van der Waals surface area (Å²) in [6, 6.07) is 3.86. The summed E-state index contributed by atoms with van der Waals surface area (Å²) in [5.74, 6) is 2.93. The first-order valence-corrected chi connectivity index (χ1v) is 8.62. The van der Waals surface area contributed by atoms with Gasteiger partial charge in [0.05, 0.1) is 6.54 Å². The summed E-state index contributed by atoms with van der Waals surface area (Å²) < 4.78 is 44.4. The second kappa shape index (κ2) is 7.17. The molecule has 1 saturated carbocycles. The van der Waals surface area contributed by atoms with Gasteiger partial charge < -0.3 is 13.9 Å². The molecule has 8 heteroatoms. The first-order chi connectivity index (χ1) is 12.2. The molecule has 1 amide bonds. The van der Waals surface area contributed by atoms with E-state index in [1.807, 2.05) is 12.1 Å². The van der Waals surface area contributed by atoms with Crippen LogP contribution in [-0.2, 0) is 24.3 Å². The Morgan fingerprint density at radius 3 is 2.81 bits per heavy atom. The van der Waals surface area contributed by atoms with Crippen LogP contribution >= 0.6 is 0 Å². The number of halogens is 3. The van der Waals surface area contributed by atoms with Crippen molar-refractivity contribution in [3.8, 4) is 0 Å². The number of rotatable bonds is 7. The molecule has 2 heterocycles. The molecule has 0 N–H and O–H groups in total. The molecule has 0 saturated heterocycles. The molecular formula is C18H22F3N3O2. The molecule has 26 heavy (non-hydrogen) atoms. The van der Waals surface area contributed by atoms with Crippen LogP contribution in [0.2, 0.25) is 0 Å². The van der Waals surface area contributed by atoms with Gasteiger partial charge in [0, 0.05) is 38.2 Å². The molecule has 5 nitrogen and oxygen atoms in total. The van der Waals surface area contributed by atoms with Crippen LogP contribution in [0.15, 0.2) is 28.9 Å². The Labute approximate surface area is 149 Å². The van der Waals surface area contributed by atoms with Crippen LogP contribution < -0.4 is 0 Å². The number of hydrogen-bond acceptors (Lipinski definition) is 3. The summed E-state index contributed by atoms with van der Waals surface area (Å²) in [6.07, 6.45) is 0.102. The number of aromatic nitrogens is 2. The quantitative estimate of drug-likeness (QED) is 0.747. The van der Waals surface area contributed by atoms with Crippen molar-refractivity contribution in [3.05, 3.63) is 41.9 Å². The van der Waals surface area contributed by atoms with Crippen LogP contribution in [0.25, 0.3) is 0 Å². The van der Waals surface area contributed by atoms with Crippen LogP contribution in [0, 0.1) is 5.92 Å². The Balaban J connectivity index is 1.50. The molecule has 0 spiro atoms. The predicted molar refractivity (Wildman–Crippen MR) is 88.3 cm³/mol. The fourth-order valence-electron chi connectivity index (χ4n) is 3.00. The first kappa shape index (κ1) is 18.5. The van der Waals surface area contributed by atoms with Crippen molar-refractivity contribution in [2.45, 2.75) is 51.4 Å². The van der Waals surface area contributed by atoms with Crippen LogP contribution in [-0.4, -0.2) is 33.6 Å². The van der Waals surface area contributed by atoms with Gasteiger partial charge in [-0.2, -0.15) is 13.2 Å². The minimum atomic E-state index is -4.33. The normalized spacial score (nSPS) is 19.6. The minimum Gasteiger partial charge on any atom is -0.466 e. The zero-order valence-corrected chi connectivity index (χ0v) is 14.8. The van der Waals surface area contributed by atoms with Crippen molar-refractivity contribution >= 4 is 5.91 Å². The average Bonchev–Trinajstić information content (AvgIpc) is 2.95. The van der Waals surface area contributed by atoms with Gasteiger partial charge in [-0.3, -0.25) is 4.79 Å². The number of hydrogen-bond donors (Lipinski definition) is 0. The van der Waals surface area contributed by atoms with Crippen molar-refractivity contribution in [1.82, 2.24) is 14.5 Å². The van der Waals surface area contributed by atoms with Gasteiger partial charge in [-0.1, -0.05) is 6.92 Å². The second-order valence-corrected chi connectivity index (χ2v) is 6.96. The molecule has 2 atom stereocenters. The van der Waals surface area contributed by atoms with Crippen molar-refractivity contribution < 1.29 is 22.4 Å². The molecule has 0 radical (unpaired) electrons. The Bertz CT molecular complexity index is 766. The number of amides is 1. The molecule has 2 unspecified atom stereocenters. The lowest BCUT2D eigenvalue weighted by Crippen LogP contribution is -2.29. The predicted octanol–water partition coefficient (Wildman–Crippen LogP) is 3.75. The molecule has 2 aromatic rings. The molecule has 1 aliphatic carbocycles. The van der Waals surface area contributed by atoms with E-state index in [1.165, 1.54) is 17.3 Å². The smallest absolute Gasteiger partial charge is 0.406 e. The van der Waals surface area contributed by atoms with Gasteiger partial charge in [-0.25, -0.2) is 4.98 Å². The zero-order chi connectivity index (χ0) is 18.9. The maximum absolute atomic E-state index is 12.6. The fraction of sp³-hybridized carbons (Fsp3) is 0.556. The van der Waals surface area contributed by atoms with Crippen molar-refractivity contribution in [1.29, 1.82) is 0 Å². The highest BCUT2D eigenvalue weighted by atomic mass is 19.4. The molecule has 0 aliphatic heterocycles. The monoisotopic (exact) mass is 369 g/mol. The van der Waals surface area contributed by atoms with Gasteiger partial charge in [0.25, 0.3) is 0 Å². The van der Waals surface area contributed by atoms with Gasteiger partial charge in [0.15, 0.2) is 0 Å². The molecule has 1 aliphatic rings.